The van der Waals surface area contributed by atoms with Crippen LogP contribution in [0.15, 0.2) is 55.1 Å². The Morgan fingerprint density at radius 1 is 1.13 bits per heavy atom. The summed E-state index contributed by atoms with van der Waals surface area (Å²) in [6, 6.07) is 9.20. The van der Waals surface area contributed by atoms with Crippen molar-refractivity contribution in [1.82, 2.24) is 15.0 Å². The van der Waals surface area contributed by atoms with Gasteiger partial charge in [-0.1, -0.05) is 6.07 Å². The van der Waals surface area contributed by atoms with Crippen LogP contribution in [0, 0.1) is 0 Å². The molecule has 0 bridgehead atoms. The molecule has 0 unspecified atom stereocenters. The highest BCUT2D eigenvalue weighted by molar-refractivity contribution is 7.15. The van der Waals surface area contributed by atoms with Gasteiger partial charge in [0, 0.05) is 29.7 Å². The Morgan fingerprint density at radius 2 is 1.96 bits per heavy atom. The molecule has 0 aliphatic carbocycles. The lowest BCUT2D eigenvalue weighted by atomic mass is 10.1. The summed E-state index contributed by atoms with van der Waals surface area (Å²) < 4.78 is 4.87. The highest BCUT2D eigenvalue weighted by Gasteiger charge is 2.13. The monoisotopic (exact) mass is 323 g/mol. The number of nitrogens with zero attached hydrogens (tertiary/aromatic N) is 3. The largest absolute Gasteiger partial charge is 0.465 e. The Morgan fingerprint density at radius 3 is 2.65 bits per heavy atom. The second-order valence-electron chi connectivity index (χ2n) is 4.57. The zero-order valence-corrected chi connectivity index (χ0v) is 13.2. The summed E-state index contributed by atoms with van der Waals surface area (Å²) in [5.41, 5.74) is 2.02. The molecule has 0 radical (unpaired) electrons. The molecular weight excluding hydrogens is 310 g/mol. The number of rotatable bonds is 4. The average molecular weight is 323 g/mol. The highest BCUT2D eigenvalue weighted by Crippen LogP contribution is 2.27. The SMILES string of the molecule is COC(=O)C(=Cc1cnc(-c2ccccn2)s1)c1ccncc1. The van der Waals surface area contributed by atoms with Gasteiger partial charge in [0.15, 0.2) is 0 Å². The van der Waals surface area contributed by atoms with Crippen LogP contribution in [0.4, 0.5) is 0 Å². The van der Waals surface area contributed by atoms with E-state index < -0.39 is 5.97 Å². The second kappa shape index (κ2) is 6.93. The minimum atomic E-state index is -0.399. The lowest BCUT2D eigenvalue weighted by Crippen LogP contribution is -2.03. The molecule has 3 rings (SSSR count). The van der Waals surface area contributed by atoms with Crippen molar-refractivity contribution in [3.8, 4) is 10.7 Å². The van der Waals surface area contributed by atoms with Gasteiger partial charge < -0.3 is 4.74 Å². The lowest BCUT2D eigenvalue weighted by molar-refractivity contribution is -0.133. The molecule has 114 valence electrons. The smallest absolute Gasteiger partial charge is 0.338 e. The van der Waals surface area contributed by atoms with E-state index in [0.29, 0.717) is 5.57 Å². The van der Waals surface area contributed by atoms with Gasteiger partial charge in [-0.2, -0.15) is 0 Å². The van der Waals surface area contributed by atoms with Gasteiger partial charge in [-0.3, -0.25) is 9.97 Å². The minimum absolute atomic E-state index is 0.399. The van der Waals surface area contributed by atoms with Crippen LogP contribution in [-0.2, 0) is 9.53 Å². The molecule has 0 amide bonds. The molecule has 0 aliphatic heterocycles. The summed E-state index contributed by atoms with van der Waals surface area (Å²) in [5.74, 6) is -0.399. The van der Waals surface area contributed by atoms with Crippen LogP contribution >= 0.6 is 11.3 Å². The topological polar surface area (TPSA) is 65.0 Å². The van der Waals surface area contributed by atoms with Crippen molar-refractivity contribution >= 4 is 29.0 Å². The Balaban J connectivity index is 1.98. The van der Waals surface area contributed by atoms with Crippen molar-refractivity contribution in [3.63, 3.8) is 0 Å². The Kier molecular flexibility index (Phi) is 4.54. The van der Waals surface area contributed by atoms with Crippen molar-refractivity contribution in [2.75, 3.05) is 7.11 Å². The van der Waals surface area contributed by atoms with Gasteiger partial charge in [0.25, 0.3) is 0 Å². The van der Waals surface area contributed by atoms with E-state index in [2.05, 4.69) is 15.0 Å². The number of hydrogen-bond acceptors (Lipinski definition) is 6. The van der Waals surface area contributed by atoms with E-state index in [-0.39, 0.29) is 0 Å². The van der Waals surface area contributed by atoms with Crippen LogP contribution in [0.3, 0.4) is 0 Å². The molecule has 0 fully saturated rings. The van der Waals surface area contributed by atoms with Gasteiger partial charge in [-0.25, -0.2) is 9.78 Å². The molecule has 0 N–H and O–H groups in total. The quantitative estimate of drug-likeness (QED) is 0.544. The number of pyridine rings is 2. The fraction of sp³-hybridized carbons (Fsp3) is 0.0588. The Bertz CT molecular complexity index is 829. The minimum Gasteiger partial charge on any atom is -0.465 e. The third kappa shape index (κ3) is 3.49. The van der Waals surface area contributed by atoms with E-state index in [4.69, 9.17) is 4.74 Å². The van der Waals surface area contributed by atoms with Crippen molar-refractivity contribution in [2.45, 2.75) is 0 Å². The molecule has 0 saturated heterocycles. The maximum Gasteiger partial charge on any atom is 0.338 e. The number of ether oxygens (including phenoxy) is 1. The average Bonchev–Trinajstić information content (AvgIpc) is 3.09. The number of hydrogen-bond donors (Lipinski definition) is 0. The van der Waals surface area contributed by atoms with E-state index >= 15 is 0 Å². The summed E-state index contributed by atoms with van der Waals surface area (Å²) in [6.45, 7) is 0. The third-order valence-electron chi connectivity index (χ3n) is 3.09. The van der Waals surface area contributed by atoms with Gasteiger partial charge in [0.2, 0.25) is 0 Å². The summed E-state index contributed by atoms with van der Waals surface area (Å²) in [4.78, 5) is 25.5. The first-order valence-electron chi connectivity index (χ1n) is 6.85. The van der Waals surface area contributed by atoms with Crippen molar-refractivity contribution in [1.29, 1.82) is 0 Å². The van der Waals surface area contributed by atoms with E-state index in [1.165, 1.54) is 18.4 Å². The number of carbonyl (C=O) groups excluding carboxylic acids is 1. The van der Waals surface area contributed by atoms with Gasteiger partial charge >= 0.3 is 5.97 Å². The number of aromatic nitrogens is 3. The first kappa shape index (κ1) is 15.1. The molecule has 5 nitrogen and oxygen atoms in total. The predicted molar refractivity (Wildman–Crippen MR) is 89.5 cm³/mol. The summed E-state index contributed by atoms with van der Waals surface area (Å²) in [7, 11) is 1.36. The zero-order chi connectivity index (χ0) is 16.1. The summed E-state index contributed by atoms with van der Waals surface area (Å²) >= 11 is 1.46. The van der Waals surface area contributed by atoms with E-state index in [1.807, 2.05) is 18.2 Å². The molecule has 6 heteroatoms. The maximum absolute atomic E-state index is 12.1. The number of carbonyl (C=O) groups is 1. The second-order valence-corrected chi connectivity index (χ2v) is 5.63. The molecule has 3 aromatic rings. The Hall–Kier alpha value is -2.86. The van der Waals surface area contributed by atoms with Gasteiger partial charge in [-0.15, -0.1) is 11.3 Å². The molecule has 0 atom stereocenters. The fourth-order valence-corrected chi connectivity index (χ4v) is 2.84. The van der Waals surface area contributed by atoms with Crippen molar-refractivity contribution in [2.24, 2.45) is 0 Å². The molecule has 0 spiro atoms. The first-order valence-corrected chi connectivity index (χ1v) is 7.67. The zero-order valence-electron chi connectivity index (χ0n) is 12.3. The highest BCUT2D eigenvalue weighted by atomic mass is 32.1. The van der Waals surface area contributed by atoms with Gasteiger partial charge in [-0.05, 0) is 35.9 Å². The van der Waals surface area contributed by atoms with Gasteiger partial charge in [0.1, 0.15) is 5.01 Å². The summed E-state index contributed by atoms with van der Waals surface area (Å²) in [5, 5.41) is 0.802. The van der Waals surface area contributed by atoms with Crippen molar-refractivity contribution in [3.05, 3.63) is 65.6 Å². The van der Waals surface area contributed by atoms with E-state index in [9.17, 15) is 4.79 Å². The van der Waals surface area contributed by atoms with Crippen LogP contribution in [0.2, 0.25) is 0 Å². The molecule has 0 aliphatic rings. The van der Waals surface area contributed by atoms with Crippen LogP contribution in [0.1, 0.15) is 10.4 Å². The molecule has 3 heterocycles. The summed E-state index contributed by atoms with van der Waals surface area (Å²) in [6.07, 6.45) is 8.49. The molecule has 0 aromatic carbocycles. The van der Waals surface area contributed by atoms with E-state index in [1.54, 1.807) is 43.0 Å². The van der Waals surface area contributed by atoms with Crippen molar-refractivity contribution < 1.29 is 9.53 Å². The molecule has 0 saturated carbocycles. The molecular formula is C17H13N3O2S. The van der Waals surface area contributed by atoms with Crippen LogP contribution in [0.5, 0.6) is 0 Å². The molecule has 23 heavy (non-hydrogen) atoms. The van der Waals surface area contributed by atoms with E-state index in [0.717, 1.165) is 21.1 Å². The van der Waals surface area contributed by atoms with Crippen LogP contribution in [-0.4, -0.2) is 28.0 Å². The maximum atomic E-state index is 12.1. The normalized spacial score (nSPS) is 11.3. The Labute approximate surface area is 137 Å². The van der Waals surface area contributed by atoms with Crippen LogP contribution in [0.25, 0.3) is 22.4 Å². The number of esters is 1. The lowest BCUT2D eigenvalue weighted by Gasteiger charge is -2.04. The molecule has 3 aromatic heterocycles. The third-order valence-corrected chi connectivity index (χ3v) is 4.06. The fourth-order valence-electron chi connectivity index (χ4n) is 2.00. The number of methoxy groups -OCH3 is 1. The van der Waals surface area contributed by atoms with Gasteiger partial charge in [0.05, 0.1) is 18.4 Å². The first-order chi connectivity index (χ1) is 11.3. The predicted octanol–water partition coefficient (Wildman–Crippen LogP) is 3.31. The van der Waals surface area contributed by atoms with Crippen LogP contribution < -0.4 is 0 Å². The number of thiazole rings is 1. The standard InChI is InChI=1S/C17H13N3O2S/c1-22-17(21)14(12-5-8-18-9-6-12)10-13-11-20-16(23-13)15-4-2-3-7-19-15/h2-11H,1H3.